The van der Waals surface area contributed by atoms with Crippen LogP contribution in [0, 0.1) is 12.8 Å². The predicted molar refractivity (Wildman–Crippen MR) is 101 cm³/mol. The van der Waals surface area contributed by atoms with Crippen LogP contribution in [0.1, 0.15) is 35.9 Å². The molecule has 2 aromatic rings. The second-order valence-electron chi connectivity index (χ2n) is 6.44. The molecule has 7 heteroatoms. The minimum Gasteiger partial charge on any atom is -0.337 e. The standard InChI is InChI=1S/C18H20Cl2N4O/c1-11-5-4-8-24(10-11)17(25)15-9-12(2)21-18(22-15)23-16-13(19)6-3-7-14(16)20/h3,6-7,9,11H,4-5,8,10H2,1-2H3,(H,21,22,23). The SMILES string of the molecule is Cc1cc(C(=O)N2CCCC(C)C2)nc(Nc2c(Cl)cccc2Cl)n1. The minimum absolute atomic E-state index is 0.0645. The first-order chi connectivity index (χ1) is 11.9. The molecule has 1 aliphatic heterocycles. The molecule has 0 radical (unpaired) electrons. The fraction of sp³-hybridized carbons (Fsp3) is 0.389. The van der Waals surface area contributed by atoms with Gasteiger partial charge in [-0.25, -0.2) is 9.97 Å². The van der Waals surface area contributed by atoms with Gasteiger partial charge in [-0.05, 0) is 43.9 Å². The molecular weight excluding hydrogens is 359 g/mol. The van der Waals surface area contributed by atoms with Gasteiger partial charge in [0.1, 0.15) is 5.69 Å². The van der Waals surface area contributed by atoms with Crippen molar-refractivity contribution < 1.29 is 4.79 Å². The topological polar surface area (TPSA) is 58.1 Å². The number of anilines is 2. The van der Waals surface area contributed by atoms with Crippen LogP contribution in [0.3, 0.4) is 0 Å². The third-order valence-electron chi connectivity index (χ3n) is 4.22. The Morgan fingerprint density at radius 2 is 2.00 bits per heavy atom. The molecule has 1 saturated heterocycles. The number of likely N-dealkylation sites (tertiary alicyclic amines) is 1. The van der Waals surface area contributed by atoms with Gasteiger partial charge in [-0.15, -0.1) is 0 Å². The van der Waals surface area contributed by atoms with Gasteiger partial charge in [-0.2, -0.15) is 0 Å². The van der Waals surface area contributed by atoms with Crippen molar-refractivity contribution >= 4 is 40.7 Å². The smallest absolute Gasteiger partial charge is 0.272 e. The van der Waals surface area contributed by atoms with Gasteiger partial charge in [0.05, 0.1) is 15.7 Å². The van der Waals surface area contributed by atoms with Gasteiger partial charge in [0.2, 0.25) is 5.95 Å². The van der Waals surface area contributed by atoms with Crippen LogP contribution in [-0.4, -0.2) is 33.9 Å². The fourth-order valence-corrected chi connectivity index (χ4v) is 3.49. The molecule has 25 heavy (non-hydrogen) atoms. The lowest BCUT2D eigenvalue weighted by molar-refractivity contribution is 0.0677. The third kappa shape index (κ3) is 4.22. The number of rotatable bonds is 3. The van der Waals surface area contributed by atoms with Gasteiger partial charge in [0.25, 0.3) is 5.91 Å². The van der Waals surface area contributed by atoms with Crippen LogP contribution >= 0.6 is 23.2 Å². The van der Waals surface area contributed by atoms with E-state index in [9.17, 15) is 4.79 Å². The number of para-hydroxylation sites is 1. The summed E-state index contributed by atoms with van der Waals surface area (Å²) in [5.41, 5.74) is 1.61. The number of hydrogen-bond donors (Lipinski definition) is 1. The molecule has 0 bridgehead atoms. The average Bonchev–Trinajstić information content (AvgIpc) is 2.57. The summed E-state index contributed by atoms with van der Waals surface area (Å²) in [6.45, 7) is 5.53. The Morgan fingerprint density at radius 1 is 1.28 bits per heavy atom. The van der Waals surface area contributed by atoms with Crippen LogP contribution in [0.2, 0.25) is 10.0 Å². The van der Waals surface area contributed by atoms with Gasteiger partial charge >= 0.3 is 0 Å². The lowest BCUT2D eigenvalue weighted by atomic mass is 10.00. The Kier molecular flexibility index (Phi) is 5.45. The van der Waals surface area contributed by atoms with E-state index >= 15 is 0 Å². The number of nitrogens with zero attached hydrogens (tertiary/aromatic N) is 3. The van der Waals surface area contributed by atoms with Crippen LogP contribution in [0.15, 0.2) is 24.3 Å². The highest BCUT2D eigenvalue weighted by molar-refractivity contribution is 6.39. The van der Waals surface area contributed by atoms with Gasteiger partial charge in [-0.3, -0.25) is 4.79 Å². The van der Waals surface area contributed by atoms with E-state index in [4.69, 9.17) is 23.2 Å². The summed E-state index contributed by atoms with van der Waals surface area (Å²) in [5, 5.41) is 3.97. The molecule has 1 unspecified atom stereocenters. The van der Waals surface area contributed by atoms with E-state index < -0.39 is 0 Å². The molecule has 1 N–H and O–H groups in total. The largest absolute Gasteiger partial charge is 0.337 e. The van der Waals surface area contributed by atoms with E-state index in [1.54, 1.807) is 24.3 Å². The Labute approximate surface area is 157 Å². The van der Waals surface area contributed by atoms with E-state index in [2.05, 4.69) is 22.2 Å². The Morgan fingerprint density at radius 3 is 2.68 bits per heavy atom. The fourth-order valence-electron chi connectivity index (χ4n) is 3.00. The van der Waals surface area contributed by atoms with E-state index in [-0.39, 0.29) is 5.91 Å². The summed E-state index contributed by atoms with van der Waals surface area (Å²) in [6.07, 6.45) is 2.18. The molecule has 2 heterocycles. The summed E-state index contributed by atoms with van der Waals surface area (Å²) in [4.78, 5) is 23.4. The number of amides is 1. The van der Waals surface area contributed by atoms with Crippen molar-refractivity contribution in [1.29, 1.82) is 0 Å². The van der Waals surface area contributed by atoms with Crippen LogP contribution in [0.5, 0.6) is 0 Å². The highest BCUT2D eigenvalue weighted by Crippen LogP contribution is 2.31. The molecule has 132 valence electrons. The summed E-state index contributed by atoms with van der Waals surface area (Å²) < 4.78 is 0. The van der Waals surface area contributed by atoms with Crippen LogP contribution in [0.4, 0.5) is 11.6 Å². The number of halogens is 2. The van der Waals surface area contributed by atoms with Crippen LogP contribution in [-0.2, 0) is 0 Å². The quantitative estimate of drug-likeness (QED) is 0.839. The summed E-state index contributed by atoms with van der Waals surface area (Å²) in [7, 11) is 0. The number of carbonyl (C=O) groups is 1. The first kappa shape index (κ1) is 18.0. The molecule has 5 nitrogen and oxygen atoms in total. The first-order valence-corrected chi connectivity index (χ1v) is 9.05. The maximum atomic E-state index is 12.8. The van der Waals surface area contributed by atoms with Crippen molar-refractivity contribution in [1.82, 2.24) is 14.9 Å². The Hall–Kier alpha value is -1.85. The molecular formula is C18H20Cl2N4O. The summed E-state index contributed by atoms with van der Waals surface area (Å²) in [6, 6.07) is 6.93. The molecule has 1 amide bonds. The molecule has 0 aliphatic carbocycles. The highest BCUT2D eigenvalue weighted by atomic mass is 35.5. The zero-order chi connectivity index (χ0) is 18.0. The molecule has 3 rings (SSSR count). The summed E-state index contributed by atoms with van der Waals surface area (Å²) in [5.74, 6) is 0.758. The second kappa shape index (κ2) is 7.58. The number of aromatic nitrogens is 2. The molecule has 1 atom stereocenters. The number of nitrogens with one attached hydrogen (secondary N) is 1. The number of hydrogen-bond acceptors (Lipinski definition) is 4. The number of piperidine rings is 1. The Balaban J connectivity index is 1.86. The molecule has 1 aromatic heterocycles. The van der Waals surface area contributed by atoms with Gasteiger partial charge in [-0.1, -0.05) is 36.2 Å². The monoisotopic (exact) mass is 378 g/mol. The molecule has 1 fully saturated rings. The first-order valence-electron chi connectivity index (χ1n) is 8.30. The number of aryl methyl sites for hydroxylation is 1. The molecule has 0 spiro atoms. The normalized spacial score (nSPS) is 17.4. The molecule has 0 saturated carbocycles. The zero-order valence-electron chi connectivity index (χ0n) is 14.2. The number of carbonyl (C=O) groups excluding carboxylic acids is 1. The maximum absolute atomic E-state index is 12.8. The lowest BCUT2D eigenvalue weighted by Gasteiger charge is -2.30. The van der Waals surface area contributed by atoms with E-state index in [1.807, 2.05) is 11.8 Å². The van der Waals surface area contributed by atoms with Crippen LogP contribution < -0.4 is 5.32 Å². The minimum atomic E-state index is -0.0645. The van der Waals surface area contributed by atoms with E-state index in [0.717, 1.165) is 25.9 Å². The maximum Gasteiger partial charge on any atom is 0.272 e. The van der Waals surface area contributed by atoms with Crippen molar-refractivity contribution in [2.45, 2.75) is 26.7 Å². The predicted octanol–water partition coefficient (Wildman–Crippen LogP) is 4.71. The van der Waals surface area contributed by atoms with Crippen LogP contribution in [0.25, 0.3) is 0 Å². The van der Waals surface area contributed by atoms with E-state index in [0.29, 0.717) is 39.0 Å². The second-order valence-corrected chi connectivity index (χ2v) is 7.25. The van der Waals surface area contributed by atoms with E-state index in [1.165, 1.54) is 0 Å². The van der Waals surface area contributed by atoms with Crippen molar-refractivity contribution in [2.24, 2.45) is 5.92 Å². The molecule has 1 aliphatic rings. The highest BCUT2D eigenvalue weighted by Gasteiger charge is 2.23. The van der Waals surface area contributed by atoms with Crippen molar-refractivity contribution in [3.63, 3.8) is 0 Å². The van der Waals surface area contributed by atoms with Crippen molar-refractivity contribution in [2.75, 3.05) is 18.4 Å². The molecule has 1 aromatic carbocycles. The van der Waals surface area contributed by atoms with Gasteiger partial charge in [0.15, 0.2) is 0 Å². The lowest BCUT2D eigenvalue weighted by Crippen LogP contribution is -2.39. The number of benzene rings is 1. The third-order valence-corrected chi connectivity index (χ3v) is 4.85. The van der Waals surface area contributed by atoms with Crippen molar-refractivity contribution in [3.05, 3.63) is 45.7 Å². The van der Waals surface area contributed by atoms with Gasteiger partial charge in [0, 0.05) is 18.8 Å². The Bertz CT molecular complexity index is 776. The average molecular weight is 379 g/mol. The summed E-state index contributed by atoms with van der Waals surface area (Å²) >= 11 is 12.4. The zero-order valence-corrected chi connectivity index (χ0v) is 15.7. The van der Waals surface area contributed by atoms with Crippen molar-refractivity contribution in [3.8, 4) is 0 Å². The van der Waals surface area contributed by atoms with Gasteiger partial charge < -0.3 is 10.2 Å².